The Kier molecular flexibility index (Phi) is 7.56. The van der Waals surface area contributed by atoms with E-state index in [4.69, 9.17) is 40.1 Å². The number of rotatable bonds is 9. The van der Waals surface area contributed by atoms with Crippen LogP contribution in [0.3, 0.4) is 0 Å². The SMILES string of the molecule is COc1cc(OCCO[C@H]2C[C@@H](C(=O)O)C2)c(-c2cc(=O)c3c(C(F)(F)F)ccc(Cl)c3o2)cc1OC. The van der Waals surface area contributed by atoms with Gasteiger partial charge in [0.15, 0.2) is 22.5 Å². The standard InChI is InChI=1S/C25H22ClF3O8/c1-33-20-9-14(18(11-21(20)34-2)36-6-5-35-13-7-12(8-13)24(31)32)19-10-17(30)22-15(25(27,28)29)3-4-16(26)23(22)37-19/h3-4,9-13H,5-8H2,1-2H3,(H,31,32)/t12-,13+. The zero-order chi connectivity index (χ0) is 26.9. The number of carboxylic acid groups (broad SMARTS) is 1. The van der Waals surface area contributed by atoms with Crippen LogP contribution in [0.2, 0.25) is 5.02 Å². The summed E-state index contributed by atoms with van der Waals surface area (Å²) in [6, 6.07) is 5.62. The Labute approximate surface area is 213 Å². The van der Waals surface area contributed by atoms with Gasteiger partial charge in [0.2, 0.25) is 0 Å². The van der Waals surface area contributed by atoms with E-state index in [-0.39, 0.29) is 47.2 Å². The van der Waals surface area contributed by atoms with Crippen LogP contribution in [0.5, 0.6) is 17.2 Å². The minimum Gasteiger partial charge on any atom is -0.493 e. The fraction of sp³-hybridized carbons (Fsp3) is 0.360. The maximum atomic E-state index is 13.5. The van der Waals surface area contributed by atoms with Gasteiger partial charge in [-0.2, -0.15) is 13.2 Å². The molecule has 1 aliphatic rings. The van der Waals surface area contributed by atoms with Crippen LogP contribution < -0.4 is 19.6 Å². The van der Waals surface area contributed by atoms with E-state index in [2.05, 4.69) is 0 Å². The van der Waals surface area contributed by atoms with Crippen LogP contribution >= 0.6 is 11.6 Å². The van der Waals surface area contributed by atoms with Crippen molar-refractivity contribution in [3.63, 3.8) is 0 Å². The molecule has 2 aromatic carbocycles. The van der Waals surface area contributed by atoms with Gasteiger partial charge in [0, 0.05) is 12.1 Å². The van der Waals surface area contributed by atoms with Gasteiger partial charge in [0.25, 0.3) is 0 Å². The number of hydrogen-bond acceptors (Lipinski definition) is 7. The average Bonchev–Trinajstić information content (AvgIpc) is 2.81. The summed E-state index contributed by atoms with van der Waals surface area (Å²) in [7, 11) is 2.80. The highest BCUT2D eigenvalue weighted by atomic mass is 35.5. The number of methoxy groups -OCH3 is 2. The Morgan fingerprint density at radius 2 is 1.76 bits per heavy atom. The van der Waals surface area contributed by atoms with Crippen LogP contribution in [-0.4, -0.2) is 44.6 Å². The number of ether oxygens (including phenoxy) is 4. The Morgan fingerprint density at radius 1 is 1.08 bits per heavy atom. The highest BCUT2D eigenvalue weighted by Gasteiger charge is 2.36. The molecule has 3 aromatic rings. The van der Waals surface area contributed by atoms with Crippen molar-refractivity contribution in [3.05, 3.63) is 51.1 Å². The summed E-state index contributed by atoms with van der Waals surface area (Å²) in [6.07, 6.45) is -4.14. The number of fused-ring (bicyclic) bond motifs is 1. The number of benzene rings is 2. The lowest BCUT2D eigenvalue weighted by Crippen LogP contribution is -2.37. The van der Waals surface area contributed by atoms with E-state index in [1.165, 1.54) is 26.4 Å². The Hall–Kier alpha value is -3.44. The molecule has 1 saturated carbocycles. The van der Waals surface area contributed by atoms with Crippen molar-refractivity contribution in [1.29, 1.82) is 0 Å². The van der Waals surface area contributed by atoms with Crippen LogP contribution in [0.4, 0.5) is 13.2 Å². The maximum absolute atomic E-state index is 13.5. The van der Waals surface area contributed by atoms with Crippen molar-refractivity contribution in [2.75, 3.05) is 27.4 Å². The predicted octanol–water partition coefficient (Wildman–Crippen LogP) is 5.41. The van der Waals surface area contributed by atoms with E-state index >= 15 is 0 Å². The molecule has 1 aromatic heterocycles. The van der Waals surface area contributed by atoms with Gasteiger partial charge in [-0.05, 0) is 31.0 Å². The van der Waals surface area contributed by atoms with Crippen molar-refractivity contribution in [2.45, 2.75) is 25.1 Å². The summed E-state index contributed by atoms with van der Waals surface area (Å²) >= 11 is 6.11. The number of carbonyl (C=O) groups is 1. The maximum Gasteiger partial charge on any atom is 0.417 e. The van der Waals surface area contributed by atoms with Gasteiger partial charge in [-0.1, -0.05) is 11.6 Å². The van der Waals surface area contributed by atoms with Gasteiger partial charge in [0.05, 0.1) is 54.4 Å². The van der Waals surface area contributed by atoms with E-state index in [9.17, 15) is 22.8 Å². The van der Waals surface area contributed by atoms with Crippen LogP contribution in [0.25, 0.3) is 22.3 Å². The van der Waals surface area contributed by atoms with Crippen LogP contribution in [-0.2, 0) is 15.7 Å². The summed E-state index contributed by atoms with van der Waals surface area (Å²) < 4.78 is 68.3. The first kappa shape index (κ1) is 26.6. The number of alkyl halides is 3. The minimum atomic E-state index is -4.79. The van der Waals surface area contributed by atoms with E-state index in [0.717, 1.165) is 18.2 Å². The zero-order valence-corrected chi connectivity index (χ0v) is 20.4. The number of carboxylic acids is 1. The quantitative estimate of drug-likeness (QED) is 0.358. The predicted molar refractivity (Wildman–Crippen MR) is 127 cm³/mol. The molecule has 1 fully saturated rings. The molecule has 0 amide bonds. The molecule has 0 unspecified atom stereocenters. The fourth-order valence-electron chi connectivity index (χ4n) is 4.04. The first-order chi connectivity index (χ1) is 17.5. The molecule has 0 bridgehead atoms. The Bertz CT molecular complexity index is 1380. The number of hydrogen-bond donors (Lipinski definition) is 1. The van der Waals surface area contributed by atoms with Crippen molar-refractivity contribution in [1.82, 2.24) is 0 Å². The molecule has 1 N–H and O–H groups in total. The molecule has 37 heavy (non-hydrogen) atoms. The highest BCUT2D eigenvalue weighted by Crippen LogP contribution is 2.42. The first-order valence-electron chi connectivity index (χ1n) is 11.1. The van der Waals surface area contributed by atoms with Gasteiger partial charge < -0.3 is 28.5 Å². The molecular formula is C25H22ClF3O8. The monoisotopic (exact) mass is 542 g/mol. The van der Waals surface area contributed by atoms with Crippen LogP contribution in [0, 0.1) is 5.92 Å². The van der Waals surface area contributed by atoms with Crippen LogP contribution in [0.15, 0.2) is 39.5 Å². The lowest BCUT2D eigenvalue weighted by Gasteiger charge is -2.32. The smallest absolute Gasteiger partial charge is 0.417 e. The third-order valence-electron chi connectivity index (χ3n) is 6.03. The minimum absolute atomic E-state index is 0.0491. The van der Waals surface area contributed by atoms with E-state index in [0.29, 0.717) is 18.6 Å². The Balaban J connectivity index is 1.68. The van der Waals surface area contributed by atoms with Gasteiger partial charge in [-0.15, -0.1) is 0 Å². The highest BCUT2D eigenvalue weighted by molar-refractivity contribution is 6.34. The largest absolute Gasteiger partial charge is 0.493 e. The lowest BCUT2D eigenvalue weighted by atomic mass is 9.82. The second-order valence-corrected chi connectivity index (χ2v) is 8.73. The van der Waals surface area contributed by atoms with Gasteiger partial charge >= 0.3 is 12.1 Å². The molecule has 1 heterocycles. The second kappa shape index (κ2) is 10.5. The molecule has 0 spiro atoms. The van der Waals surface area contributed by atoms with E-state index in [1.807, 2.05) is 0 Å². The molecular weight excluding hydrogens is 521 g/mol. The first-order valence-corrected chi connectivity index (χ1v) is 11.5. The van der Waals surface area contributed by atoms with Crippen molar-refractivity contribution >= 4 is 28.5 Å². The van der Waals surface area contributed by atoms with Gasteiger partial charge in [0.1, 0.15) is 18.1 Å². The second-order valence-electron chi connectivity index (χ2n) is 8.32. The molecule has 4 rings (SSSR count). The van der Waals surface area contributed by atoms with Crippen molar-refractivity contribution in [3.8, 4) is 28.6 Å². The van der Waals surface area contributed by atoms with Crippen molar-refractivity contribution in [2.24, 2.45) is 5.92 Å². The molecule has 0 aliphatic heterocycles. The molecule has 0 saturated heterocycles. The van der Waals surface area contributed by atoms with E-state index < -0.39 is 40.0 Å². The molecule has 198 valence electrons. The van der Waals surface area contributed by atoms with Crippen LogP contribution in [0.1, 0.15) is 18.4 Å². The molecule has 0 atom stereocenters. The summed E-state index contributed by atoms with van der Waals surface area (Å²) in [4.78, 5) is 23.8. The number of halogens is 4. The van der Waals surface area contributed by atoms with Gasteiger partial charge in [-0.3, -0.25) is 9.59 Å². The normalized spacial score (nSPS) is 17.4. The zero-order valence-electron chi connectivity index (χ0n) is 19.7. The third-order valence-corrected chi connectivity index (χ3v) is 6.32. The third kappa shape index (κ3) is 5.47. The molecule has 0 radical (unpaired) electrons. The summed E-state index contributed by atoms with van der Waals surface area (Å²) in [6.45, 7) is 0.195. The lowest BCUT2D eigenvalue weighted by molar-refractivity contribution is -0.151. The summed E-state index contributed by atoms with van der Waals surface area (Å²) in [5, 5.41) is 8.11. The topological polar surface area (TPSA) is 104 Å². The van der Waals surface area contributed by atoms with E-state index in [1.54, 1.807) is 0 Å². The number of aliphatic carboxylic acids is 1. The van der Waals surface area contributed by atoms with Gasteiger partial charge in [-0.25, -0.2) is 0 Å². The van der Waals surface area contributed by atoms with Crippen molar-refractivity contribution < 1.29 is 46.4 Å². The molecule has 8 nitrogen and oxygen atoms in total. The average molecular weight is 543 g/mol. The Morgan fingerprint density at radius 3 is 2.38 bits per heavy atom. The fourth-order valence-corrected chi connectivity index (χ4v) is 4.24. The summed E-state index contributed by atoms with van der Waals surface area (Å²) in [5.41, 5.74) is -2.30. The molecule has 1 aliphatic carbocycles. The summed E-state index contributed by atoms with van der Waals surface area (Å²) in [5.74, 6) is -0.629. The molecule has 12 heteroatoms.